The van der Waals surface area contributed by atoms with E-state index in [1.807, 2.05) is 12.4 Å². The molecule has 2 aliphatic rings. The van der Waals surface area contributed by atoms with Crippen molar-refractivity contribution in [2.75, 3.05) is 43.5 Å². The Balaban J connectivity index is 1.36. The number of hydrogen-bond acceptors (Lipinski definition) is 7. The zero-order chi connectivity index (χ0) is 18.9. The molecule has 0 bridgehead atoms. The minimum atomic E-state index is -0.0749. The summed E-state index contributed by atoms with van der Waals surface area (Å²) >= 11 is 1.56. The van der Waals surface area contributed by atoms with Crippen LogP contribution in [0.15, 0.2) is 24.7 Å². The Labute approximate surface area is 163 Å². The Hall–Kier alpha value is -2.19. The lowest BCUT2D eigenvalue weighted by Gasteiger charge is -2.25. The second-order valence-electron chi connectivity index (χ2n) is 7.53. The highest BCUT2D eigenvalue weighted by molar-refractivity contribution is 7.15. The molecular formula is C19H25N5O2S. The smallest absolute Gasteiger partial charge is 0.223 e. The molecule has 0 aliphatic carbocycles. The Kier molecular flexibility index (Phi) is 5.01. The summed E-state index contributed by atoms with van der Waals surface area (Å²) in [4.78, 5) is 25.9. The van der Waals surface area contributed by atoms with Crippen molar-refractivity contribution in [3.63, 3.8) is 0 Å². The van der Waals surface area contributed by atoms with Gasteiger partial charge in [0.25, 0.3) is 0 Å². The van der Waals surface area contributed by atoms with E-state index >= 15 is 0 Å². The summed E-state index contributed by atoms with van der Waals surface area (Å²) in [5.74, 6) is 0.732. The summed E-state index contributed by atoms with van der Waals surface area (Å²) in [6.45, 7) is 6.76. The molecule has 4 heterocycles. The molecule has 2 fully saturated rings. The molecule has 1 spiro atoms. The van der Waals surface area contributed by atoms with Crippen LogP contribution in [-0.4, -0.2) is 54.1 Å². The van der Waals surface area contributed by atoms with Crippen molar-refractivity contribution in [3.05, 3.63) is 29.5 Å². The fourth-order valence-corrected chi connectivity index (χ4v) is 5.05. The number of hydrogen-bond donors (Lipinski definition) is 1. The van der Waals surface area contributed by atoms with Gasteiger partial charge in [-0.1, -0.05) is 0 Å². The Morgan fingerprint density at radius 1 is 1.30 bits per heavy atom. The number of likely N-dealkylation sites (tertiary alicyclic amines) is 1. The van der Waals surface area contributed by atoms with Crippen LogP contribution in [0.4, 0.5) is 10.8 Å². The van der Waals surface area contributed by atoms with E-state index in [-0.39, 0.29) is 5.91 Å². The Morgan fingerprint density at radius 3 is 2.96 bits per heavy atom. The third-order valence-corrected chi connectivity index (χ3v) is 6.37. The number of ether oxygens (including phenoxy) is 1. The number of nitrogens with one attached hydrogen (secondary N) is 1. The first kappa shape index (κ1) is 18.2. The van der Waals surface area contributed by atoms with Gasteiger partial charge >= 0.3 is 0 Å². The van der Waals surface area contributed by atoms with Crippen LogP contribution in [0.5, 0.6) is 5.75 Å². The fourth-order valence-electron chi connectivity index (χ4n) is 4.15. The predicted molar refractivity (Wildman–Crippen MR) is 106 cm³/mol. The third-order valence-electron chi connectivity index (χ3n) is 5.47. The zero-order valence-electron chi connectivity index (χ0n) is 15.8. The first-order valence-electron chi connectivity index (χ1n) is 9.24. The van der Waals surface area contributed by atoms with Gasteiger partial charge in [0, 0.05) is 55.7 Å². The van der Waals surface area contributed by atoms with Gasteiger partial charge in [0.05, 0.1) is 25.2 Å². The molecule has 1 unspecified atom stereocenters. The molecule has 2 saturated heterocycles. The van der Waals surface area contributed by atoms with E-state index < -0.39 is 0 Å². The molecule has 144 valence electrons. The van der Waals surface area contributed by atoms with E-state index in [0.29, 0.717) is 10.5 Å². The molecule has 0 radical (unpaired) electrons. The topological polar surface area (TPSA) is 70.6 Å². The molecule has 1 N–H and O–H groups in total. The number of amides is 1. The molecule has 1 amide bonds. The van der Waals surface area contributed by atoms with Crippen LogP contribution in [-0.2, 0) is 11.3 Å². The van der Waals surface area contributed by atoms with Crippen molar-refractivity contribution >= 4 is 28.1 Å². The van der Waals surface area contributed by atoms with Crippen molar-refractivity contribution in [1.82, 2.24) is 14.9 Å². The monoisotopic (exact) mass is 387 g/mol. The third kappa shape index (κ3) is 4.06. The summed E-state index contributed by atoms with van der Waals surface area (Å²) in [6, 6.07) is 2.07. The van der Waals surface area contributed by atoms with Gasteiger partial charge in [0.15, 0.2) is 5.13 Å². The molecule has 8 heteroatoms. The zero-order valence-corrected chi connectivity index (χ0v) is 16.6. The van der Waals surface area contributed by atoms with Crippen LogP contribution in [0.1, 0.15) is 24.6 Å². The molecule has 27 heavy (non-hydrogen) atoms. The van der Waals surface area contributed by atoms with Crippen LogP contribution < -0.4 is 15.0 Å². The second-order valence-corrected chi connectivity index (χ2v) is 8.64. The lowest BCUT2D eigenvalue weighted by Crippen LogP contribution is -2.30. The number of rotatable bonds is 5. The highest BCUT2D eigenvalue weighted by Crippen LogP contribution is 2.42. The normalized spacial score (nSPS) is 22.5. The fraction of sp³-hybridized carbons (Fsp3) is 0.526. The number of anilines is 2. The van der Waals surface area contributed by atoms with Gasteiger partial charge in [0.1, 0.15) is 5.75 Å². The van der Waals surface area contributed by atoms with Crippen molar-refractivity contribution < 1.29 is 9.53 Å². The summed E-state index contributed by atoms with van der Waals surface area (Å²) in [5.41, 5.74) is 1.50. The maximum absolute atomic E-state index is 11.2. The number of pyridine rings is 1. The van der Waals surface area contributed by atoms with Gasteiger partial charge in [-0.3, -0.25) is 14.7 Å². The molecule has 0 saturated carbocycles. The van der Waals surface area contributed by atoms with E-state index in [2.05, 4.69) is 31.2 Å². The average Bonchev–Trinajstić information content (AvgIpc) is 3.37. The summed E-state index contributed by atoms with van der Waals surface area (Å²) in [6.07, 6.45) is 7.98. The molecule has 7 nitrogen and oxygen atoms in total. The van der Waals surface area contributed by atoms with Gasteiger partial charge in [0.2, 0.25) is 5.91 Å². The van der Waals surface area contributed by atoms with Crippen LogP contribution in [0, 0.1) is 5.41 Å². The van der Waals surface area contributed by atoms with E-state index in [9.17, 15) is 4.79 Å². The molecular weight excluding hydrogens is 362 g/mol. The second kappa shape index (κ2) is 7.44. The molecule has 2 aromatic heterocycles. The summed E-state index contributed by atoms with van der Waals surface area (Å²) < 4.78 is 5.31. The van der Waals surface area contributed by atoms with Crippen LogP contribution in [0.25, 0.3) is 0 Å². The van der Waals surface area contributed by atoms with E-state index in [1.54, 1.807) is 24.6 Å². The Morgan fingerprint density at radius 2 is 2.15 bits per heavy atom. The SMILES string of the molecule is COc1cncc(N2CCC3(CCN(Cc4cnc(NC(C)=O)s4)C3)C2)c1. The predicted octanol–water partition coefficient (Wildman–Crippen LogP) is 2.61. The minimum absolute atomic E-state index is 0.0749. The van der Waals surface area contributed by atoms with Gasteiger partial charge in [-0.25, -0.2) is 4.98 Å². The average molecular weight is 388 g/mol. The van der Waals surface area contributed by atoms with Gasteiger partial charge in [-0.05, 0) is 19.4 Å². The van der Waals surface area contributed by atoms with Crippen molar-refractivity contribution in [2.45, 2.75) is 26.3 Å². The maximum atomic E-state index is 11.2. The largest absolute Gasteiger partial charge is 0.495 e. The number of carbonyl (C=O) groups excluding carboxylic acids is 1. The van der Waals surface area contributed by atoms with Gasteiger partial charge in [-0.15, -0.1) is 11.3 Å². The molecule has 2 aliphatic heterocycles. The van der Waals surface area contributed by atoms with E-state index in [1.165, 1.54) is 24.6 Å². The highest BCUT2D eigenvalue weighted by atomic mass is 32.1. The van der Waals surface area contributed by atoms with Crippen molar-refractivity contribution in [3.8, 4) is 5.75 Å². The van der Waals surface area contributed by atoms with Crippen LogP contribution >= 0.6 is 11.3 Å². The van der Waals surface area contributed by atoms with E-state index in [0.717, 1.165) is 44.2 Å². The number of nitrogens with zero attached hydrogens (tertiary/aromatic N) is 4. The van der Waals surface area contributed by atoms with E-state index in [4.69, 9.17) is 4.74 Å². The Bertz CT molecular complexity index is 826. The number of aromatic nitrogens is 2. The highest BCUT2D eigenvalue weighted by Gasteiger charge is 2.43. The van der Waals surface area contributed by atoms with Crippen LogP contribution in [0.3, 0.4) is 0 Å². The number of thiazole rings is 1. The molecule has 4 rings (SSSR count). The van der Waals surface area contributed by atoms with Crippen LogP contribution in [0.2, 0.25) is 0 Å². The number of methoxy groups -OCH3 is 1. The minimum Gasteiger partial charge on any atom is -0.495 e. The molecule has 2 aromatic rings. The van der Waals surface area contributed by atoms with Crippen molar-refractivity contribution in [1.29, 1.82) is 0 Å². The van der Waals surface area contributed by atoms with Gasteiger partial charge < -0.3 is 15.0 Å². The maximum Gasteiger partial charge on any atom is 0.223 e. The summed E-state index contributed by atoms with van der Waals surface area (Å²) in [5, 5.41) is 3.44. The van der Waals surface area contributed by atoms with Crippen molar-refractivity contribution in [2.24, 2.45) is 5.41 Å². The summed E-state index contributed by atoms with van der Waals surface area (Å²) in [7, 11) is 1.68. The lowest BCUT2D eigenvalue weighted by atomic mass is 9.86. The molecule has 1 atom stereocenters. The first-order valence-corrected chi connectivity index (χ1v) is 10.1. The molecule has 0 aromatic carbocycles. The number of carbonyl (C=O) groups is 1. The standard InChI is InChI=1S/C19H25N5O2S/c1-14(25)22-18-21-10-17(27-18)11-23-5-3-19(12-23)4-6-24(13-19)15-7-16(26-2)9-20-8-15/h7-10H,3-6,11-13H2,1-2H3,(H,21,22,25). The van der Waals surface area contributed by atoms with Gasteiger partial charge in [-0.2, -0.15) is 0 Å². The quantitative estimate of drug-likeness (QED) is 0.850. The first-order chi connectivity index (χ1) is 13.0. The lowest BCUT2D eigenvalue weighted by molar-refractivity contribution is -0.114.